The van der Waals surface area contributed by atoms with Crippen molar-refractivity contribution in [3.05, 3.63) is 46.6 Å². The number of carbonyl (C=O) groups is 2. The van der Waals surface area contributed by atoms with Crippen LogP contribution in [0.4, 0.5) is 0 Å². The number of halogens is 1. The number of rotatable bonds is 9. The van der Waals surface area contributed by atoms with Gasteiger partial charge < -0.3 is 19.5 Å². The van der Waals surface area contributed by atoms with Gasteiger partial charge >= 0.3 is 11.9 Å². The number of nitrogens with one attached hydrogen (secondary N) is 1. The molecule has 1 aliphatic heterocycles. The molecule has 0 spiro atoms. The van der Waals surface area contributed by atoms with Crippen molar-refractivity contribution >= 4 is 23.5 Å². The van der Waals surface area contributed by atoms with Crippen LogP contribution in [-0.4, -0.2) is 37.0 Å². The molecule has 0 aromatic heterocycles. The Hall–Kier alpha value is -2.05. The maximum Gasteiger partial charge on any atom is 0.354 e. The zero-order valence-corrected chi connectivity index (χ0v) is 20.1. The average Bonchev–Trinajstić information content (AvgIpc) is 3.01. The molecule has 5 atom stereocenters. The molecule has 1 aromatic rings. The summed E-state index contributed by atoms with van der Waals surface area (Å²) in [7, 11) is 0. The number of esters is 2. The summed E-state index contributed by atoms with van der Waals surface area (Å²) in [6.07, 6.45) is 2.50. The molecule has 32 heavy (non-hydrogen) atoms. The molecule has 3 rings (SSSR count). The van der Waals surface area contributed by atoms with Gasteiger partial charge in [-0.15, -0.1) is 0 Å². The van der Waals surface area contributed by atoms with Crippen molar-refractivity contribution < 1.29 is 23.8 Å². The molecule has 1 aliphatic carbocycles. The fourth-order valence-electron chi connectivity index (χ4n) is 4.55. The van der Waals surface area contributed by atoms with E-state index >= 15 is 0 Å². The number of cyclic esters (lactones) is 1. The van der Waals surface area contributed by atoms with Crippen LogP contribution in [0.1, 0.15) is 52.5 Å². The second-order valence-electron chi connectivity index (χ2n) is 9.10. The van der Waals surface area contributed by atoms with Crippen molar-refractivity contribution in [1.82, 2.24) is 5.32 Å². The largest absolute Gasteiger partial charge is 0.464 e. The number of hydrogen-bond donors (Lipinski definition) is 1. The number of hydrogen-bond acceptors (Lipinski definition) is 6. The second-order valence-corrected chi connectivity index (χ2v) is 9.48. The third kappa shape index (κ3) is 6.04. The zero-order chi connectivity index (χ0) is 23.3. The van der Waals surface area contributed by atoms with E-state index in [1.165, 1.54) is 0 Å². The van der Waals surface area contributed by atoms with Gasteiger partial charge in [0.15, 0.2) is 5.03 Å². The highest BCUT2D eigenvalue weighted by Crippen LogP contribution is 2.38. The summed E-state index contributed by atoms with van der Waals surface area (Å²) in [5.41, 5.74) is 1.25. The van der Waals surface area contributed by atoms with Crippen molar-refractivity contribution in [2.24, 2.45) is 17.8 Å². The van der Waals surface area contributed by atoms with Crippen LogP contribution in [0, 0.1) is 17.8 Å². The maximum absolute atomic E-state index is 12.7. The molecule has 1 fully saturated rings. The van der Waals surface area contributed by atoms with Crippen LogP contribution in [0.15, 0.2) is 41.1 Å². The lowest BCUT2D eigenvalue weighted by Crippen LogP contribution is -2.44. The van der Waals surface area contributed by atoms with Gasteiger partial charge in [0.05, 0.1) is 12.7 Å². The molecule has 7 heteroatoms. The summed E-state index contributed by atoms with van der Waals surface area (Å²) in [5.74, 6) is 0.291. The summed E-state index contributed by atoms with van der Waals surface area (Å²) < 4.78 is 17.1. The van der Waals surface area contributed by atoms with Gasteiger partial charge in [-0.25, -0.2) is 9.59 Å². The molecule has 5 unspecified atom stereocenters. The van der Waals surface area contributed by atoms with Crippen LogP contribution in [0.5, 0.6) is 0 Å². The van der Waals surface area contributed by atoms with Crippen LogP contribution in [0.3, 0.4) is 0 Å². The normalized spacial score (nSPS) is 26.8. The Morgan fingerprint density at radius 1 is 1.25 bits per heavy atom. The summed E-state index contributed by atoms with van der Waals surface area (Å²) in [6.45, 7) is 8.61. The van der Waals surface area contributed by atoms with Gasteiger partial charge in [0.25, 0.3) is 0 Å². The smallest absolute Gasteiger partial charge is 0.354 e. The third-order valence-corrected chi connectivity index (χ3v) is 6.67. The molecule has 1 aromatic carbocycles. The average molecular weight is 464 g/mol. The van der Waals surface area contributed by atoms with Crippen LogP contribution in [-0.2, 0) is 30.2 Å². The summed E-state index contributed by atoms with van der Waals surface area (Å²) in [6, 6.07) is 8.88. The van der Waals surface area contributed by atoms with Gasteiger partial charge in [-0.3, -0.25) is 0 Å². The second kappa shape index (κ2) is 11.2. The number of carbonyl (C=O) groups excluding carboxylic acids is 2. The van der Waals surface area contributed by atoms with E-state index in [1.807, 2.05) is 30.3 Å². The van der Waals surface area contributed by atoms with E-state index in [-0.39, 0.29) is 17.7 Å². The molecule has 1 N–H and O–H groups in total. The first-order chi connectivity index (χ1) is 15.3. The molecule has 2 aliphatic rings. The minimum absolute atomic E-state index is 0.0499. The highest BCUT2D eigenvalue weighted by molar-refractivity contribution is 6.42. The van der Waals surface area contributed by atoms with Crippen LogP contribution in [0.2, 0.25) is 0 Å². The standard InChI is InChI=1S/C25H34ClNO5/c1-5-30-23(28)19(14-17-9-7-6-8-10-17)27-22-21(26)24(29)32-25(22)31-20-13-16(4)11-12-18(20)15(2)3/h6-10,15-16,18-20,25,27H,5,11-14H2,1-4H3. The third-order valence-electron chi connectivity index (χ3n) is 6.31. The Morgan fingerprint density at radius 2 is 1.97 bits per heavy atom. The number of benzene rings is 1. The Morgan fingerprint density at radius 3 is 2.62 bits per heavy atom. The summed E-state index contributed by atoms with van der Waals surface area (Å²) in [4.78, 5) is 25.0. The van der Waals surface area contributed by atoms with Gasteiger partial charge in [-0.2, -0.15) is 0 Å². The van der Waals surface area contributed by atoms with E-state index in [2.05, 4.69) is 26.1 Å². The summed E-state index contributed by atoms with van der Waals surface area (Å²) >= 11 is 6.31. The molecule has 1 saturated carbocycles. The van der Waals surface area contributed by atoms with Gasteiger partial charge in [-0.05, 0) is 43.1 Å². The number of ether oxygens (including phenoxy) is 3. The lowest BCUT2D eigenvalue weighted by Gasteiger charge is -2.38. The Balaban J connectivity index is 1.80. The molecule has 0 bridgehead atoms. The SMILES string of the molecule is CCOC(=O)C(Cc1ccccc1)NC1=C(Cl)C(=O)OC1OC1CC(C)CCC1C(C)C. The molecule has 0 radical (unpaired) electrons. The van der Waals surface area contributed by atoms with Crippen molar-refractivity contribution in [3.63, 3.8) is 0 Å². The minimum Gasteiger partial charge on any atom is -0.464 e. The lowest BCUT2D eigenvalue weighted by molar-refractivity contribution is -0.182. The first-order valence-corrected chi connectivity index (χ1v) is 11.9. The van der Waals surface area contributed by atoms with E-state index in [0.717, 1.165) is 24.8 Å². The molecular weight excluding hydrogens is 430 g/mol. The first kappa shape index (κ1) is 24.6. The van der Waals surface area contributed by atoms with Crippen LogP contribution in [0.25, 0.3) is 0 Å². The Labute approximate surface area is 195 Å². The molecule has 0 amide bonds. The molecule has 6 nitrogen and oxygen atoms in total. The molecule has 176 valence electrons. The molecule has 1 heterocycles. The van der Waals surface area contributed by atoms with Crippen LogP contribution >= 0.6 is 11.6 Å². The van der Waals surface area contributed by atoms with Crippen molar-refractivity contribution in [2.45, 2.75) is 71.8 Å². The topological polar surface area (TPSA) is 73.9 Å². The van der Waals surface area contributed by atoms with E-state index in [9.17, 15) is 9.59 Å². The van der Waals surface area contributed by atoms with Gasteiger partial charge in [0, 0.05) is 6.42 Å². The predicted molar refractivity (Wildman–Crippen MR) is 123 cm³/mol. The van der Waals surface area contributed by atoms with E-state index in [1.54, 1.807) is 6.92 Å². The predicted octanol–water partition coefficient (Wildman–Crippen LogP) is 4.56. The molecular formula is C25H34ClNO5. The van der Waals surface area contributed by atoms with Crippen molar-refractivity contribution in [3.8, 4) is 0 Å². The first-order valence-electron chi connectivity index (χ1n) is 11.5. The monoisotopic (exact) mass is 463 g/mol. The van der Waals surface area contributed by atoms with E-state index in [0.29, 0.717) is 29.9 Å². The zero-order valence-electron chi connectivity index (χ0n) is 19.3. The van der Waals surface area contributed by atoms with Crippen LogP contribution < -0.4 is 5.32 Å². The van der Waals surface area contributed by atoms with Crippen molar-refractivity contribution in [2.75, 3.05) is 6.61 Å². The minimum atomic E-state index is -0.959. The maximum atomic E-state index is 12.7. The van der Waals surface area contributed by atoms with Gasteiger partial charge in [0.2, 0.25) is 6.29 Å². The lowest BCUT2D eigenvalue weighted by atomic mass is 9.75. The van der Waals surface area contributed by atoms with Gasteiger partial charge in [0.1, 0.15) is 11.7 Å². The fourth-order valence-corrected chi connectivity index (χ4v) is 4.74. The quantitative estimate of drug-likeness (QED) is 0.541. The van der Waals surface area contributed by atoms with Gasteiger partial charge in [-0.1, -0.05) is 69.1 Å². The highest BCUT2D eigenvalue weighted by Gasteiger charge is 2.41. The van der Waals surface area contributed by atoms with Crippen molar-refractivity contribution in [1.29, 1.82) is 0 Å². The Bertz CT molecular complexity index is 825. The highest BCUT2D eigenvalue weighted by atomic mass is 35.5. The summed E-state index contributed by atoms with van der Waals surface area (Å²) in [5, 5.41) is 3.05. The van der Waals surface area contributed by atoms with E-state index < -0.39 is 24.3 Å². The molecule has 0 saturated heterocycles. The van der Waals surface area contributed by atoms with E-state index in [4.69, 9.17) is 25.8 Å². The Kier molecular flexibility index (Phi) is 8.60. The fraction of sp³-hybridized carbons (Fsp3) is 0.600.